The fourth-order valence-electron chi connectivity index (χ4n) is 1.76. The Kier molecular flexibility index (Phi) is 2.92. The molecule has 0 saturated heterocycles. The van der Waals surface area contributed by atoms with Crippen LogP contribution in [0.3, 0.4) is 0 Å². The van der Waals surface area contributed by atoms with E-state index < -0.39 is 0 Å². The van der Waals surface area contributed by atoms with Crippen molar-refractivity contribution in [1.82, 2.24) is 9.97 Å². The lowest BCUT2D eigenvalue weighted by Gasteiger charge is -2.06. The zero-order valence-electron chi connectivity index (χ0n) is 10.1. The van der Waals surface area contributed by atoms with Crippen molar-refractivity contribution in [3.05, 3.63) is 41.3 Å². The number of ether oxygens (including phenoxy) is 1. The number of benzene rings is 1. The van der Waals surface area contributed by atoms with E-state index in [0.29, 0.717) is 17.1 Å². The number of rotatable bonds is 3. The number of hydrogen-bond acceptors (Lipinski definition) is 3. The molecule has 1 aromatic carbocycles. The maximum Gasteiger partial charge on any atom is 0.133 e. The Bertz CT molecular complexity index is 544. The zero-order valence-corrected chi connectivity index (χ0v) is 10.8. The summed E-state index contributed by atoms with van der Waals surface area (Å²) in [5.41, 5.74) is 1.86. The number of nitrogens with zero attached hydrogens (tertiary/aromatic N) is 2. The fraction of sp³-hybridized carbons (Fsp3) is 0.286. The first kappa shape index (κ1) is 11.5. The van der Waals surface area contributed by atoms with Crippen LogP contribution in [0.2, 0.25) is 5.15 Å². The molecular weight excluding hydrogens is 248 g/mol. The normalized spacial score (nSPS) is 14.6. The molecule has 1 fully saturated rings. The summed E-state index contributed by atoms with van der Waals surface area (Å²) in [6, 6.07) is 9.70. The average Bonchev–Trinajstić information content (AvgIpc) is 3.12. The van der Waals surface area contributed by atoms with E-state index in [2.05, 4.69) is 9.97 Å². The molecule has 0 unspecified atom stereocenters. The first-order valence-electron chi connectivity index (χ1n) is 5.99. The maximum atomic E-state index is 5.93. The summed E-state index contributed by atoms with van der Waals surface area (Å²) < 4.78 is 5.70. The van der Waals surface area contributed by atoms with Gasteiger partial charge in [0.15, 0.2) is 0 Å². The summed E-state index contributed by atoms with van der Waals surface area (Å²) in [7, 11) is 0. The lowest BCUT2D eigenvalue weighted by molar-refractivity contribution is 0.303. The fourth-order valence-corrected chi connectivity index (χ4v) is 1.99. The second-order valence-electron chi connectivity index (χ2n) is 4.46. The van der Waals surface area contributed by atoms with Gasteiger partial charge in [-0.15, -0.1) is 0 Å². The topological polar surface area (TPSA) is 35.0 Å². The highest BCUT2D eigenvalue weighted by Crippen LogP contribution is 2.28. The van der Waals surface area contributed by atoms with Crippen LogP contribution in [0.1, 0.15) is 18.7 Å². The van der Waals surface area contributed by atoms with Crippen molar-refractivity contribution in [3.8, 4) is 17.0 Å². The van der Waals surface area contributed by atoms with Crippen LogP contribution in [0.25, 0.3) is 11.3 Å². The molecule has 0 spiro atoms. The van der Waals surface area contributed by atoms with Gasteiger partial charge in [0, 0.05) is 11.6 Å². The summed E-state index contributed by atoms with van der Waals surface area (Å²) in [4.78, 5) is 8.43. The summed E-state index contributed by atoms with van der Waals surface area (Å²) in [6.07, 6.45) is 2.76. The molecule has 1 aromatic heterocycles. The number of halogens is 1. The Morgan fingerprint density at radius 3 is 2.50 bits per heavy atom. The third-order valence-electron chi connectivity index (χ3n) is 2.78. The van der Waals surface area contributed by atoms with Crippen LogP contribution in [-0.2, 0) is 0 Å². The second-order valence-corrected chi connectivity index (χ2v) is 4.85. The van der Waals surface area contributed by atoms with Crippen LogP contribution in [-0.4, -0.2) is 16.1 Å². The molecule has 4 heteroatoms. The second kappa shape index (κ2) is 4.58. The molecule has 1 heterocycles. The predicted octanol–water partition coefficient (Wildman–Crippen LogP) is 3.65. The molecular formula is C14H13ClN2O. The van der Waals surface area contributed by atoms with Crippen LogP contribution in [0.15, 0.2) is 30.3 Å². The van der Waals surface area contributed by atoms with Crippen molar-refractivity contribution in [3.63, 3.8) is 0 Å². The van der Waals surface area contributed by atoms with Crippen LogP contribution in [0.4, 0.5) is 0 Å². The Balaban J connectivity index is 1.86. The van der Waals surface area contributed by atoms with Gasteiger partial charge in [-0.1, -0.05) is 11.6 Å². The van der Waals surface area contributed by atoms with Crippen LogP contribution in [0.5, 0.6) is 5.75 Å². The Labute approximate surface area is 111 Å². The Morgan fingerprint density at radius 2 is 1.89 bits per heavy atom. The van der Waals surface area contributed by atoms with Crippen molar-refractivity contribution in [1.29, 1.82) is 0 Å². The summed E-state index contributed by atoms with van der Waals surface area (Å²) >= 11 is 5.93. The average molecular weight is 261 g/mol. The molecule has 3 rings (SSSR count). The van der Waals surface area contributed by atoms with Gasteiger partial charge in [-0.2, -0.15) is 0 Å². The molecule has 1 aliphatic rings. The summed E-state index contributed by atoms with van der Waals surface area (Å²) in [5, 5.41) is 0.468. The van der Waals surface area contributed by atoms with Gasteiger partial charge in [-0.05, 0) is 44.0 Å². The Morgan fingerprint density at radius 1 is 1.17 bits per heavy atom. The molecule has 0 aliphatic heterocycles. The monoisotopic (exact) mass is 260 g/mol. The minimum atomic E-state index is 0.423. The smallest absolute Gasteiger partial charge is 0.133 e. The van der Waals surface area contributed by atoms with Gasteiger partial charge >= 0.3 is 0 Å². The van der Waals surface area contributed by atoms with Gasteiger partial charge in [-0.3, -0.25) is 0 Å². The van der Waals surface area contributed by atoms with E-state index in [1.54, 1.807) is 6.07 Å². The van der Waals surface area contributed by atoms with Gasteiger partial charge in [0.1, 0.15) is 16.7 Å². The van der Waals surface area contributed by atoms with Gasteiger partial charge < -0.3 is 4.74 Å². The summed E-state index contributed by atoms with van der Waals surface area (Å²) in [6.45, 7) is 1.83. The van der Waals surface area contributed by atoms with Crippen molar-refractivity contribution >= 4 is 11.6 Å². The minimum absolute atomic E-state index is 0.423. The van der Waals surface area contributed by atoms with Crippen LogP contribution < -0.4 is 4.74 Å². The molecule has 0 amide bonds. The maximum absolute atomic E-state index is 5.93. The van der Waals surface area contributed by atoms with Crippen molar-refractivity contribution in [2.45, 2.75) is 25.9 Å². The highest BCUT2D eigenvalue weighted by atomic mass is 35.5. The molecule has 2 aromatic rings. The number of hydrogen-bond donors (Lipinski definition) is 0. The molecule has 92 valence electrons. The standard InChI is InChI=1S/C14H13ClN2O/c1-9-16-13(8-14(15)17-9)10-2-4-11(5-3-10)18-12-6-7-12/h2-5,8,12H,6-7H2,1H3. The van der Waals surface area contributed by atoms with E-state index in [9.17, 15) is 0 Å². The van der Waals surface area contributed by atoms with Gasteiger partial charge in [-0.25, -0.2) is 9.97 Å². The van der Waals surface area contributed by atoms with Crippen molar-refractivity contribution < 1.29 is 4.74 Å². The lowest BCUT2D eigenvalue weighted by Crippen LogP contribution is -1.95. The molecule has 0 N–H and O–H groups in total. The molecule has 3 nitrogen and oxygen atoms in total. The molecule has 0 atom stereocenters. The molecule has 1 saturated carbocycles. The molecule has 0 radical (unpaired) electrons. The number of aromatic nitrogens is 2. The largest absolute Gasteiger partial charge is 0.490 e. The van der Waals surface area contributed by atoms with E-state index in [1.165, 1.54) is 12.8 Å². The highest BCUT2D eigenvalue weighted by Gasteiger charge is 2.23. The van der Waals surface area contributed by atoms with Crippen molar-refractivity contribution in [2.75, 3.05) is 0 Å². The zero-order chi connectivity index (χ0) is 12.5. The first-order chi connectivity index (χ1) is 8.70. The molecule has 18 heavy (non-hydrogen) atoms. The van der Waals surface area contributed by atoms with E-state index in [0.717, 1.165) is 17.0 Å². The van der Waals surface area contributed by atoms with E-state index >= 15 is 0 Å². The SMILES string of the molecule is Cc1nc(Cl)cc(-c2ccc(OC3CC3)cc2)n1. The van der Waals surface area contributed by atoms with E-state index in [4.69, 9.17) is 16.3 Å². The highest BCUT2D eigenvalue weighted by molar-refractivity contribution is 6.29. The van der Waals surface area contributed by atoms with Gasteiger partial charge in [0.25, 0.3) is 0 Å². The van der Waals surface area contributed by atoms with Gasteiger partial charge in [0.2, 0.25) is 0 Å². The van der Waals surface area contributed by atoms with E-state index in [1.807, 2.05) is 31.2 Å². The van der Waals surface area contributed by atoms with Gasteiger partial charge in [0.05, 0.1) is 11.8 Å². The quantitative estimate of drug-likeness (QED) is 0.790. The lowest BCUT2D eigenvalue weighted by atomic mass is 10.1. The van der Waals surface area contributed by atoms with Crippen LogP contribution in [0, 0.1) is 6.92 Å². The molecule has 1 aliphatic carbocycles. The third-order valence-corrected chi connectivity index (χ3v) is 2.98. The first-order valence-corrected chi connectivity index (χ1v) is 6.37. The van der Waals surface area contributed by atoms with Crippen molar-refractivity contribution in [2.24, 2.45) is 0 Å². The third kappa shape index (κ3) is 2.62. The molecule has 0 bridgehead atoms. The minimum Gasteiger partial charge on any atom is -0.490 e. The number of aryl methyl sites for hydroxylation is 1. The van der Waals surface area contributed by atoms with Crippen LogP contribution >= 0.6 is 11.6 Å². The predicted molar refractivity (Wildman–Crippen MR) is 70.9 cm³/mol. The Hall–Kier alpha value is -1.61. The van der Waals surface area contributed by atoms with E-state index in [-0.39, 0.29) is 0 Å². The summed E-state index contributed by atoms with van der Waals surface area (Å²) in [5.74, 6) is 1.59.